The summed E-state index contributed by atoms with van der Waals surface area (Å²) in [6, 6.07) is 0. The molecule has 1 saturated heterocycles. The Hall–Kier alpha value is -0.810. The van der Waals surface area contributed by atoms with Gasteiger partial charge in [-0.1, -0.05) is 19.3 Å². The molecule has 0 aromatic carbocycles. The lowest BCUT2D eigenvalue weighted by atomic mass is 9.85. The summed E-state index contributed by atoms with van der Waals surface area (Å²) in [5.41, 5.74) is -0.566. The number of aliphatic hydroxyl groups is 2. The minimum atomic E-state index is -0.566. The van der Waals surface area contributed by atoms with E-state index in [-0.39, 0.29) is 6.10 Å². The minimum Gasteiger partial charge on any atom is -0.393 e. The molecule has 0 aromatic rings. The van der Waals surface area contributed by atoms with Crippen LogP contribution < -0.4 is 5.32 Å². The van der Waals surface area contributed by atoms with Crippen LogP contribution in [-0.4, -0.2) is 59.5 Å². The van der Waals surface area contributed by atoms with Crippen LogP contribution >= 0.6 is 0 Å². The lowest BCUT2D eigenvalue weighted by Crippen LogP contribution is -2.51. The molecule has 5 heteroatoms. The van der Waals surface area contributed by atoms with E-state index in [1.165, 1.54) is 6.42 Å². The Labute approximate surface area is 115 Å². The summed E-state index contributed by atoms with van der Waals surface area (Å²) >= 11 is 0. The molecule has 0 unspecified atom stereocenters. The van der Waals surface area contributed by atoms with Crippen molar-refractivity contribution in [3.63, 3.8) is 0 Å². The van der Waals surface area contributed by atoms with E-state index < -0.39 is 5.60 Å². The van der Waals surface area contributed by atoms with Crippen molar-refractivity contribution in [1.29, 1.82) is 0 Å². The van der Waals surface area contributed by atoms with Crippen LogP contribution in [0.4, 0.5) is 0 Å². The SMILES string of the molecule is CN=C(NCC1(O)CCCCC1)N1CCC(O)CC1. The molecule has 110 valence electrons. The highest BCUT2D eigenvalue weighted by molar-refractivity contribution is 5.80. The first-order valence-electron chi connectivity index (χ1n) is 7.49. The topological polar surface area (TPSA) is 68.1 Å². The summed E-state index contributed by atoms with van der Waals surface area (Å²) in [5, 5.41) is 23.3. The molecule has 1 aliphatic heterocycles. The summed E-state index contributed by atoms with van der Waals surface area (Å²) in [4.78, 5) is 6.46. The first-order valence-corrected chi connectivity index (χ1v) is 7.49. The van der Waals surface area contributed by atoms with Crippen molar-refractivity contribution in [3.05, 3.63) is 0 Å². The molecule has 1 aliphatic carbocycles. The second-order valence-corrected chi connectivity index (χ2v) is 5.90. The highest BCUT2D eigenvalue weighted by atomic mass is 16.3. The number of piperidine rings is 1. The average Bonchev–Trinajstić information content (AvgIpc) is 2.42. The molecule has 2 aliphatic rings. The first kappa shape index (κ1) is 14.6. The van der Waals surface area contributed by atoms with Crippen LogP contribution in [0.5, 0.6) is 0 Å². The van der Waals surface area contributed by atoms with E-state index in [1.54, 1.807) is 7.05 Å². The molecule has 1 heterocycles. The molecule has 5 nitrogen and oxygen atoms in total. The van der Waals surface area contributed by atoms with Gasteiger partial charge >= 0.3 is 0 Å². The molecule has 3 N–H and O–H groups in total. The Kier molecular flexibility index (Phi) is 5.05. The average molecular weight is 269 g/mol. The maximum absolute atomic E-state index is 10.5. The third-order valence-electron chi connectivity index (χ3n) is 4.34. The Morgan fingerprint density at radius 2 is 1.89 bits per heavy atom. The van der Waals surface area contributed by atoms with Crippen molar-refractivity contribution < 1.29 is 10.2 Å². The van der Waals surface area contributed by atoms with E-state index in [9.17, 15) is 10.2 Å². The van der Waals surface area contributed by atoms with E-state index in [2.05, 4.69) is 15.2 Å². The van der Waals surface area contributed by atoms with Gasteiger partial charge in [0.25, 0.3) is 0 Å². The van der Waals surface area contributed by atoms with Crippen LogP contribution in [0.3, 0.4) is 0 Å². The van der Waals surface area contributed by atoms with E-state index in [1.807, 2.05) is 0 Å². The zero-order valence-electron chi connectivity index (χ0n) is 11.9. The van der Waals surface area contributed by atoms with E-state index in [0.717, 1.165) is 57.6 Å². The predicted octanol–water partition coefficient (Wildman–Crippen LogP) is 0.714. The molecule has 0 bridgehead atoms. The number of aliphatic hydroxyl groups excluding tert-OH is 1. The van der Waals surface area contributed by atoms with Crippen molar-refractivity contribution in [3.8, 4) is 0 Å². The van der Waals surface area contributed by atoms with E-state index >= 15 is 0 Å². The Morgan fingerprint density at radius 1 is 1.26 bits per heavy atom. The number of hydrogen-bond donors (Lipinski definition) is 3. The molecule has 0 aromatic heterocycles. The van der Waals surface area contributed by atoms with Crippen LogP contribution in [0.2, 0.25) is 0 Å². The Balaban J connectivity index is 1.82. The van der Waals surface area contributed by atoms with Crippen molar-refractivity contribution in [2.75, 3.05) is 26.7 Å². The fraction of sp³-hybridized carbons (Fsp3) is 0.929. The molecule has 0 radical (unpaired) electrons. The normalized spacial score (nSPS) is 25.4. The van der Waals surface area contributed by atoms with E-state index in [0.29, 0.717) is 6.54 Å². The van der Waals surface area contributed by atoms with Crippen molar-refractivity contribution in [2.24, 2.45) is 4.99 Å². The van der Waals surface area contributed by atoms with Crippen LogP contribution in [0.1, 0.15) is 44.9 Å². The monoisotopic (exact) mass is 269 g/mol. The lowest BCUT2D eigenvalue weighted by Gasteiger charge is -2.36. The first-order chi connectivity index (χ1) is 9.13. The van der Waals surface area contributed by atoms with Gasteiger partial charge in [0.1, 0.15) is 0 Å². The third kappa shape index (κ3) is 4.08. The van der Waals surface area contributed by atoms with Gasteiger partial charge < -0.3 is 20.4 Å². The lowest BCUT2D eigenvalue weighted by molar-refractivity contribution is 0.00778. The zero-order valence-corrected chi connectivity index (χ0v) is 11.9. The maximum atomic E-state index is 10.5. The summed E-state index contributed by atoms with van der Waals surface area (Å²) < 4.78 is 0. The van der Waals surface area contributed by atoms with Gasteiger partial charge in [-0.05, 0) is 25.7 Å². The minimum absolute atomic E-state index is 0.170. The quantitative estimate of drug-likeness (QED) is 0.510. The number of likely N-dealkylation sites (tertiary alicyclic amines) is 1. The number of nitrogens with one attached hydrogen (secondary N) is 1. The second kappa shape index (κ2) is 6.57. The van der Waals surface area contributed by atoms with Gasteiger partial charge in [0, 0.05) is 26.7 Å². The number of nitrogens with zero attached hydrogens (tertiary/aromatic N) is 2. The van der Waals surface area contributed by atoms with Crippen molar-refractivity contribution in [2.45, 2.75) is 56.7 Å². The van der Waals surface area contributed by atoms with Gasteiger partial charge in [-0.2, -0.15) is 0 Å². The van der Waals surface area contributed by atoms with Crippen LogP contribution in [-0.2, 0) is 0 Å². The van der Waals surface area contributed by atoms with Gasteiger partial charge in [0.2, 0.25) is 0 Å². The van der Waals surface area contributed by atoms with Gasteiger partial charge in [-0.3, -0.25) is 4.99 Å². The van der Waals surface area contributed by atoms with Gasteiger partial charge in [0.05, 0.1) is 11.7 Å². The molecular weight excluding hydrogens is 242 g/mol. The fourth-order valence-corrected chi connectivity index (χ4v) is 3.04. The summed E-state index contributed by atoms with van der Waals surface area (Å²) in [6.45, 7) is 2.25. The smallest absolute Gasteiger partial charge is 0.193 e. The summed E-state index contributed by atoms with van der Waals surface area (Å²) in [6.07, 6.45) is 6.67. The third-order valence-corrected chi connectivity index (χ3v) is 4.34. The van der Waals surface area contributed by atoms with Crippen LogP contribution in [0.25, 0.3) is 0 Å². The molecule has 0 spiro atoms. The molecule has 2 rings (SSSR count). The van der Waals surface area contributed by atoms with E-state index in [4.69, 9.17) is 0 Å². The van der Waals surface area contributed by atoms with Crippen LogP contribution in [0, 0.1) is 0 Å². The number of aliphatic imine (C=N–C) groups is 1. The van der Waals surface area contributed by atoms with Crippen molar-refractivity contribution >= 4 is 5.96 Å². The molecule has 0 amide bonds. The van der Waals surface area contributed by atoms with Crippen molar-refractivity contribution in [1.82, 2.24) is 10.2 Å². The summed E-state index contributed by atoms with van der Waals surface area (Å²) in [5.74, 6) is 0.853. The van der Waals surface area contributed by atoms with Gasteiger partial charge in [-0.25, -0.2) is 0 Å². The second-order valence-electron chi connectivity index (χ2n) is 5.90. The Morgan fingerprint density at radius 3 is 2.47 bits per heavy atom. The largest absolute Gasteiger partial charge is 0.393 e. The van der Waals surface area contributed by atoms with Crippen LogP contribution in [0.15, 0.2) is 4.99 Å². The zero-order chi connectivity index (χ0) is 13.7. The highest BCUT2D eigenvalue weighted by Crippen LogP contribution is 2.27. The fourth-order valence-electron chi connectivity index (χ4n) is 3.04. The highest BCUT2D eigenvalue weighted by Gasteiger charge is 2.30. The standard InChI is InChI=1S/C14H27N3O2/c1-15-13(17-9-5-12(18)6-10-17)16-11-14(19)7-3-2-4-8-14/h12,18-19H,2-11H2,1H3,(H,15,16). The van der Waals surface area contributed by atoms with Gasteiger partial charge in [-0.15, -0.1) is 0 Å². The molecule has 2 fully saturated rings. The van der Waals surface area contributed by atoms with Gasteiger partial charge in [0.15, 0.2) is 5.96 Å². The maximum Gasteiger partial charge on any atom is 0.193 e. The molecular formula is C14H27N3O2. The molecule has 0 atom stereocenters. The molecule has 1 saturated carbocycles. The summed E-state index contributed by atoms with van der Waals surface area (Å²) in [7, 11) is 1.78. The predicted molar refractivity (Wildman–Crippen MR) is 76.2 cm³/mol. The number of guanidine groups is 1. The number of rotatable bonds is 2. The number of hydrogen-bond acceptors (Lipinski definition) is 3. The molecule has 19 heavy (non-hydrogen) atoms. The Bertz CT molecular complexity index is 306.